The number of hydrogen-bond acceptors (Lipinski definition) is 2. The van der Waals surface area contributed by atoms with Gasteiger partial charge in [0.15, 0.2) is 0 Å². The van der Waals surface area contributed by atoms with Crippen molar-refractivity contribution in [3.8, 4) is 0 Å². The maximum absolute atomic E-state index is 5.69. The van der Waals surface area contributed by atoms with Crippen LogP contribution in [0.5, 0.6) is 0 Å². The topological polar surface area (TPSA) is 25.2 Å². The highest BCUT2D eigenvalue weighted by atomic mass is 16.3. The molecule has 2 unspecified atom stereocenters. The lowest BCUT2D eigenvalue weighted by Crippen LogP contribution is -2.32. The van der Waals surface area contributed by atoms with Crippen molar-refractivity contribution in [2.45, 2.75) is 53.0 Å². The summed E-state index contributed by atoms with van der Waals surface area (Å²) in [4.78, 5) is 0. The molecule has 0 bridgehead atoms. The van der Waals surface area contributed by atoms with Crippen LogP contribution in [-0.4, -0.2) is 7.05 Å². The Labute approximate surface area is 105 Å². The Morgan fingerprint density at radius 2 is 2.12 bits per heavy atom. The molecule has 2 atom stereocenters. The van der Waals surface area contributed by atoms with E-state index in [1.54, 1.807) is 0 Å². The van der Waals surface area contributed by atoms with Crippen LogP contribution in [0.4, 0.5) is 0 Å². The van der Waals surface area contributed by atoms with Crippen molar-refractivity contribution in [3.05, 3.63) is 23.2 Å². The molecule has 0 radical (unpaired) electrons. The lowest BCUT2D eigenvalue weighted by molar-refractivity contribution is 0.202. The number of nitrogens with one attached hydrogen (secondary N) is 1. The fourth-order valence-electron chi connectivity index (χ4n) is 3.50. The summed E-state index contributed by atoms with van der Waals surface area (Å²) in [7, 11) is 2.07. The smallest absolute Gasteiger partial charge is 0.105 e. The molecule has 2 rings (SSSR count). The summed E-state index contributed by atoms with van der Waals surface area (Å²) in [6.07, 6.45) is 4.01. The minimum atomic E-state index is 0.435. The third kappa shape index (κ3) is 2.28. The number of hydrogen-bond donors (Lipinski definition) is 1. The molecule has 1 saturated carbocycles. The first-order valence-electron chi connectivity index (χ1n) is 6.70. The second-order valence-corrected chi connectivity index (χ2v) is 6.12. The van der Waals surface area contributed by atoms with Crippen LogP contribution in [0.15, 0.2) is 10.5 Å². The van der Waals surface area contributed by atoms with Gasteiger partial charge in [-0.3, -0.25) is 0 Å². The van der Waals surface area contributed by atoms with E-state index in [0.29, 0.717) is 17.4 Å². The Morgan fingerprint density at radius 1 is 1.41 bits per heavy atom. The average molecular weight is 235 g/mol. The molecule has 1 aliphatic rings. The Kier molecular flexibility index (Phi) is 3.35. The molecule has 1 fully saturated rings. The van der Waals surface area contributed by atoms with Crippen LogP contribution in [0.1, 0.15) is 56.2 Å². The van der Waals surface area contributed by atoms with Crippen LogP contribution in [0.25, 0.3) is 0 Å². The second kappa shape index (κ2) is 4.49. The van der Waals surface area contributed by atoms with Crippen LogP contribution in [0.3, 0.4) is 0 Å². The molecule has 0 saturated heterocycles. The van der Waals surface area contributed by atoms with Gasteiger partial charge in [-0.15, -0.1) is 0 Å². The Hall–Kier alpha value is -0.760. The van der Waals surface area contributed by atoms with E-state index in [2.05, 4.69) is 39.2 Å². The number of rotatable bonds is 3. The summed E-state index contributed by atoms with van der Waals surface area (Å²) in [5, 5.41) is 3.51. The van der Waals surface area contributed by atoms with E-state index in [9.17, 15) is 0 Å². The van der Waals surface area contributed by atoms with Gasteiger partial charge in [-0.25, -0.2) is 0 Å². The fraction of sp³-hybridized carbons (Fsp3) is 0.733. The van der Waals surface area contributed by atoms with Gasteiger partial charge >= 0.3 is 0 Å². The Bertz CT molecular complexity index is 392. The Balaban J connectivity index is 2.31. The summed E-state index contributed by atoms with van der Waals surface area (Å²) >= 11 is 0. The van der Waals surface area contributed by atoms with Gasteiger partial charge in [-0.2, -0.15) is 0 Å². The molecule has 1 N–H and O–H groups in total. The summed E-state index contributed by atoms with van der Waals surface area (Å²) in [5.74, 6) is 2.81. The van der Waals surface area contributed by atoms with E-state index >= 15 is 0 Å². The zero-order valence-corrected chi connectivity index (χ0v) is 11.8. The molecule has 0 amide bonds. The van der Waals surface area contributed by atoms with Crippen LogP contribution in [-0.2, 0) is 0 Å². The molecule has 2 heteroatoms. The van der Waals surface area contributed by atoms with E-state index in [-0.39, 0.29) is 0 Å². The van der Waals surface area contributed by atoms with Crippen molar-refractivity contribution in [1.29, 1.82) is 0 Å². The van der Waals surface area contributed by atoms with Gasteiger partial charge in [0.1, 0.15) is 11.5 Å². The molecular formula is C15H25NO. The van der Waals surface area contributed by atoms with Gasteiger partial charge in [0.05, 0.1) is 0 Å². The van der Waals surface area contributed by atoms with Gasteiger partial charge in [0.2, 0.25) is 0 Å². The first kappa shape index (κ1) is 12.7. The molecule has 0 spiro atoms. The maximum Gasteiger partial charge on any atom is 0.105 e. The van der Waals surface area contributed by atoms with Gasteiger partial charge in [0, 0.05) is 11.6 Å². The monoisotopic (exact) mass is 235 g/mol. The van der Waals surface area contributed by atoms with E-state index in [0.717, 1.165) is 11.5 Å². The number of aryl methyl sites for hydroxylation is 2. The van der Waals surface area contributed by atoms with E-state index in [4.69, 9.17) is 4.42 Å². The Morgan fingerprint density at radius 3 is 2.53 bits per heavy atom. The molecule has 1 aromatic rings. The largest absolute Gasteiger partial charge is 0.466 e. The van der Waals surface area contributed by atoms with Gasteiger partial charge in [-0.05, 0) is 51.1 Å². The van der Waals surface area contributed by atoms with Gasteiger partial charge in [0.25, 0.3) is 0 Å². The zero-order valence-electron chi connectivity index (χ0n) is 11.8. The highest BCUT2D eigenvalue weighted by Gasteiger charge is 2.40. The molecular weight excluding hydrogens is 210 g/mol. The van der Waals surface area contributed by atoms with Gasteiger partial charge in [-0.1, -0.05) is 20.3 Å². The molecule has 1 aliphatic carbocycles. The third-order valence-corrected chi connectivity index (χ3v) is 4.47. The summed E-state index contributed by atoms with van der Waals surface area (Å²) in [5.41, 5.74) is 1.79. The number of furan rings is 1. The third-order valence-electron chi connectivity index (χ3n) is 4.47. The van der Waals surface area contributed by atoms with Crippen molar-refractivity contribution in [2.24, 2.45) is 11.3 Å². The average Bonchev–Trinajstić information content (AvgIpc) is 2.73. The zero-order chi connectivity index (χ0) is 12.6. The molecule has 2 nitrogen and oxygen atoms in total. The van der Waals surface area contributed by atoms with Crippen molar-refractivity contribution in [3.63, 3.8) is 0 Å². The molecule has 0 aliphatic heterocycles. The molecule has 0 aromatic carbocycles. The lowest BCUT2D eigenvalue weighted by Gasteiger charge is -2.34. The molecule has 17 heavy (non-hydrogen) atoms. The lowest BCUT2D eigenvalue weighted by atomic mass is 9.75. The van der Waals surface area contributed by atoms with E-state index < -0.39 is 0 Å². The standard InChI is InChI=1S/C15H25NO/c1-10-9-12(11(2)17-10)14(16-5)13-7-6-8-15(13,3)4/h9,13-14,16H,6-8H2,1-5H3. The van der Waals surface area contributed by atoms with Crippen LogP contribution in [0, 0.1) is 25.2 Å². The first-order valence-corrected chi connectivity index (χ1v) is 6.70. The SMILES string of the molecule is CNC(c1cc(C)oc1C)C1CCCC1(C)C. The van der Waals surface area contributed by atoms with Crippen molar-refractivity contribution in [1.82, 2.24) is 5.32 Å². The maximum atomic E-state index is 5.69. The van der Waals surface area contributed by atoms with Crippen LogP contribution in [0.2, 0.25) is 0 Å². The van der Waals surface area contributed by atoms with Crippen molar-refractivity contribution >= 4 is 0 Å². The van der Waals surface area contributed by atoms with Crippen molar-refractivity contribution in [2.75, 3.05) is 7.05 Å². The normalized spacial score (nSPS) is 25.1. The van der Waals surface area contributed by atoms with E-state index in [1.807, 2.05) is 6.92 Å². The summed E-state index contributed by atoms with van der Waals surface area (Å²) in [6, 6.07) is 2.63. The first-order chi connectivity index (χ1) is 7.95. The highest BCUT2D eigenvalue weighted by Crippen LogP contribution is 2.49. The van der Waals surface area contributed by atoms with Crippen molar-refractivity contribution < 1.29 is 4.42 Å². The fourth-order valence-corrected chi connectivity index (χ4v) is 3.50. The van der Waals surface area contributed by atoms with E-state index in [1.165, 1.54) is 24.8 Å². The second-order valence-electron chi connectivity index (χ2n) is 6.12. The molecule has 96 valence electrons. The minimum absolute atomic E-state index is 0.435. The summed E-state index contributed by atoms with van der Waals surface area (Å²) < 4.78 is 5.69. The molecule has 1 aromatic heterocycles. The highest BCUT2D eigenvalue weighted by molar-refractivity contribution is 5.25. The molecule has 1 heterocycles. The van der Waals surface area contributed by atoms with Crippen LogP contribution >= 0.6 is 0 Å². The summed E-state index contributed by atoms with van der Waals surface area (Å²) in [6.45, 7) is 8.91. The minimum Gasteiger partial charge on any atom is -0.466 e. The predicted molar refractivity (Wildman–Crippen MR) is 71.1 cm³/mol. The van der Waals surface area contributed by atoms with Gasteiger partial charge < -0.3 is 9.73 Å². The quantitative estimate of drug-likeness (QED) is 0.857. The predicted octanol–water partition coefficient (Wildman–Crippen LogP) is 3.98. The van der Waals surface area contributed by atoms with Crippen LogP contribution < -0.4 is 5.32 Å².